The normalized spacial score (nSPS) is 30.5. The van der Waals surface area contributed by atoms with Gasteiger partial charge in [0.05, 0.1) is 0 Å². The van der Waals surface area contributed by atoms with Gasteiger partial charge in [0.2, 0.25) is 0 Å². The van der Waals surface area contributed by atoms with Crippen LogP contribution in [-0.4, -0.2) is 36.1 Å². The van der Waals surface area contributed by atoms with E-state index in [1.54, 1.807) is 0 Å². The molecule has 2 rings (SSSR count). The first-order chi connectivity index (χ1) is 8.70. The number of nitrogens with zero attached hydrogens (tertiary/aromatic N) is 1. The molecular formula is C16H32N2. The van der Waals surface area contributed by atoms with E-state index in [1.807, 2.05) is 0 Å². The zero-order valence-corrected chi connectivity index (χ0v) is 12.7. The molecule has 1 saturated carbocycles. The number of nitrogens with one attached hydrogen (secondary N) is 1. The lowest BCUT2D eigenvalue weighted by Crippen LogP contribution is -2.65. The van der Waals surface area contributed by atoms with Gasteiger partial charge in [-0.2, -0.15) is 0 Å². The van der Waals surface area contributed by atoms with E-state index < -0.39 is 0 Å². The van der Waals surface area contributed by atoms with Crippen molar-refractivity contribution in [2.75, 3.05) is 19.6 Å². The summed E-state index contributed by atoms with van der Waals surface area (Å²) in [6.45, 7) is 10.9. The van der Waals surface area contributed by atoms with Crippen molar-refractivity contribution in [2.24, 2.45) is 5.92 Å². The third kappa shape index (κ3) is 3.08. The van der Waals surface area contributed by atoms with Gasteiger partial charge in [-0.15, -0.1) is 0 Å². The van der Waals surface area contributed by atoms with E-state index in [9.17, 15) is 0 Å². The van der Waals surface area contributed by atoms with Crippen LogP contribution in [0.15, 0.2) is 0 Å². The van der Waals surface area contributed by atoms with Crippen LogP contribution in [0.3, 0.4) is 0 Å². The SMILES string of the molecule is CCC(C)CN1CC(CC)NCC12CCCCC2. The van der Waals surface area contributed by atoms with Crippen LogP contribution in [0.4, 0.5) is 0 Å². The monoisotopic (exact) mass is 252 g/mol. The van der Waals surface area contributed by atoms with Gasteiger partial charge in [0, 0.05) is 31.2 Å². The quantitative estimate of drug-likeness (QED) is 0.825. The maximum atomic E-state index is 3.81. The topological polar surface area (TPSA) is 15.3 Å². The summed E-state index contributed by atoms with van der Waals surface area (Å²) in [5.41, 5.74) is 0.507. The van der Waals surface area contributed by atoms with Gasteiger partial charge >= 0.3 is 0 Å². The first-order valence-corrected chi connectivity index (χ1v) is 8.18. The van der Waals surface area contributed by atoms with E-state index in [4.69, 9.17) is 0 Å². The maximum Gasteiger partial charge on any atom is 0.0334 e. The van der Waals surface area contributed by atoms with Crippen molar-refractivity contribution >= 4 is 0 Å². The number of rotatable bonds is 4. The summed E-state index contributed by atoms with van der Waals surface area (Å²) >= 11 is 0. The van der Waals surface area contributed by atoms with E-state index in [-0.39, 0.29) is 0 Å². The second-order valence-electron chi connectivity index (χ2n) is 6.69. The molecule has 2 unspecified atom stereocenters. The summed E-state index contributed by atoms with van der Waals surface area (Å²) < 4.78 is 0. The highest BCUT2D eigenvalue weighted by Crippen LogP contribution is 2.36. The summed E-state index contributed by atoms with van der Waals surface area (Å²) in [7, 11) is 0. The van der Waals surface area contributed by atoms with Crippen molar-refractivity contribution in [3.8, 4) is 0 Å². The molecule has 0 amide bonds. The largest absolute Gasteiger partial charge is 0.311 e. The third-order valence-corrected chi connectivity index (χ3v) is 5.34. The van der Waals surface area contributed by atoms with Gasteiger partial charge in [-0.05, 0) is 25.2 Å². The Morgan fingerprint density at radius 1 is 1.22 bits per heavy atom. The fourth-order valence-corrected chi connectivity index (χ4v) is 3.72. The molecule has 2 nitrogen and oxygen atoms in total. The lowest BCUT2D eigenvalue weighted by molar-refractivity contribution is -0.000562. The summed E-state index contributed by atoms with van der Waals surface area (Å²) in [5, 5.41) is 3.81. The molecule has 1 aliphatic heterocycles. The predicted molar refractivity (Wildman–Crippen MR) is 78.9 cm³/mol. The molecule has 0 bridgehead atoms. The molecule has 18 heavy (non-hydrogen) atoms. The molecule has 2 atom stereocenters. The highest BCUT2D eigenvalue weighted by molar-refractivity contribution is 5.00. The fourth-order valence-electron chi connectivity index (χ4n) is 3.72. The Labute approximate surface area is 114 Å². The predicted octanol–water partition coefficient (Wildman–Crippen LogP) is 3.42. The Balaban J connectivity index is 2.05. The van der Waals surface area contributed by atoms with Crippen LogP contribution >= 0.6 is 0 Å². The molecule has 1 aliphatic carbocycles. The summed E-state index contributed by atoms with van der Waals surface area (Å²) in [6.07, 6.45) is 9.77. The van der Waals surface area contributed by atoms with E-state index in [1.165, 1.54) is 64.6 Å². The van der Waals surface area contributed by atoms with Crippen LogP contribution in [0.5, 0.6) is 0 Å². The molecule has 1 spiro atoms. The van der Waals surface area contributed by atoms with E-state index >= 15 is 0 Å². The molecule has 2 heteroatoms. The number of hydrogen-bond acceptors (Lipinski definition) is 2. The van der Waals surface area contributed by atoms with E-state index in [0.717, 1.165) is 12.0 Å². The van der Waals surface area contributed by atoms with Crippen molar-refractivity contribution in [1.82, 2.24) is 10.2 Å². The Morgan fingerprint density at radius 3 is 2.56 bits per heavy atom. The zero-order valence-electron chi connectivity index (χ0n) is 12.7. The Bertz CT molecular complexity index is 243. The first-order valence-electron chi connectivity index (χ1n) is 8.18. The lowest BCUT2D eigenvalue weighted by atomic mass is 9.77. The second-order valence-corrected chi connectivity index (χ2v) is 6.69. The average Bonchev–Trinajstić information content (AvgIpc) is 2.42. The van der Waals surface area contributed by atoms with Gasteiger partial charge in [-0.1, -0.05) is 46.5 Å². The molecule has 0 radical (unpaired) electrons. The van der Waals surface area contributed by atoms with E-state index in [0.29, 0.717) is 5.54 Å². The van der Waals surface area contributed by atoms with Gasteiger partial charge in [0.25, 0.3) is 0 Å². The molecule has 0 aromatic heterocycles. The third-order valence-electron chi connectivity index (χ3n) is 5.34. The van der Waals surface area contributed by atoms with Gasteiger partial charge in [-0.3, -0.25) is 4.90 Å². The smallest absolute Gasteiger partial charge is 0.0334 e. The van der Waals surface area contributed by atoms with Crippen molar-refractivity contribution in [2.45, 2.75) is 77.3 Å². The van der Waals surface area contributed by atoms with Crippen LogP contribution in [0, 0.1) is 5.92 Å². The molecule has 1 heterocycles. The highest BCUT2D eigenvalue weighted by atomic mass is 15.3. The Morgan fingerprint density at radius 2 is 1.94 bits per heavy atom. The molecule has 0 aromatic rings. The highest BCUT2D eigenvalue weighted by Gasteiger charge is 2.41. The zero-order chi connectivity index (χ0) is 13.0. The van der Waals surface area contributed by atoms with Crippen LogP contribution in [0.2, 0.25) is 0 Å². The lowest BCUT2D eigenvalue weighted by Gasteiger charge is -2.53. The average molecular weight is 252 g/mol. The summed E-state index contributed by atoms with van der Waals surface area (Å²) in [6, 6.07) is 0.724. The van der Waals surface area contributed by atoms with Crippen molar-refractivity contribution in [3.05, 3.63) is 0 Å². The van der Waals surface area contributed by atoms with Crippen LogP contribution in [0.1, 0.15) is 65.7 Å². The molecule has 1 saturated heterocycles. The Hall–Kier alpha value is -0.0800. The van der Waals surface area contributed by atoms with Gasteiger partial charge < -0.3 is 5.32 Å². The summed E-state index contributed by atoms with van der Waals surface area (Å²) in [4.78, 5) is 2.87. The Kier molecular flexibility index (Phi) is 5.08. The maximum absolute atomic E-state index is 3.81. The molecule has 0 aromatic carbocycles. The number of hydrogen-bond donors (Lipinski definition) is 1. The van der Waals surface area contributed by atoms with Crippen molar-refractivity contribution in [1.29, 1.82) is 0 Å². The van der Waals surface area contributed by atoms with Crippen molar-refractivity contribution in [3.63, 3.8) is 0 Å². The first kappa shape index (κ1) is 14.3. The van der Waals surface area contributed by atoms with Crippen molar-refractivity contribution < 1.29 is 0 Å². The molecule has 2 fully saturated rings. The van der Waals surface area contributed by atoms with Gasteiger partial charge in [-0.25, -0.2) is 0 Å². The minimum Gasteiger partial charge on any atom is -0.311 e. The molecular weight excluding hydrogens is 220 g/mol. The van der Waals surface area contributed by atoms with Gasteiger partial charge in [0.15, 0.2) is 0 Å². The van der Waals surface area contributed by atoms with Crippen LogP contribution in [0.25, 0.3) is 0 Å². The molecule has 2 aliphatic rings. The second kappa shape index (κ2) is 6.38. The number of piperazine rings is 1. The standard InChI is InChI=1S/C16H32N2/c1-4-14(3)11-18-12-15(5-2)17-13-16(18)9-7-6-8-10-16/h14-15,17H,4-13H2,1-3H3. The fraction of sp³-hybridized carbons (Fsp3) is 1.00. The minimum absolute atomic E-state index is 0.507. The van der Waals surface area contributed by atoms with Crippen LogP contribution in [-0.2, 0) is 0 Å². The minimum atomic E-state index is 0.507. The van der Waals surface area contributed by atoms with Crippen LogP contribution < -0.4 is 5.32 Å². The summed E-state index contributed by atoms with van der Waals surface area (Å²) in [5.74, 6) is 0.847. The molecule has 1 N–H and O–H groups in total. The van der Waals surface area contributed by atoms with Gasteiger partial charge in [0.1, 0.15) is 0 Å². The van der Waals surface area contributed by atoms with E-state index in [2.05, 4.69) is 31.0 Å². The molecule has 106 valence electrons.